The molecule has 2 aliphatic rings. The van der Waals surface area contributed by atoms with E-state index in [4.69, 9.17) is 4.74 Å². The standard InChI is InChI=1S/C17H19N3O2S/c21-17(16-9-13-3-1-2-4-15(13)22-16)20-7-5-19(6-8-20)10-14-11-23-12-18-14/h1-4,11-12,16H,5-10H2/t16-/m0/s1. The molecule has 2 aliphatic heterocycles. The number of amides is 1. The van der Waals surface area contributed by atoms with Crippen molar-refractivity contribution in [1.82, 2.24) is 14.8 Å². The van der Waals surface area contributed by atoms with Crippen LogP contribution in [0.3, 0.4) is 0 Å². The van der Waals surface area contributed by atoms with Crippen molar-refractivity contribution in [3.8, 4) is 5.75 Å². The van der Waals surface area contributed by atoms with Gasteiger partial charge in [0.05, 0.1) is 11.2 Å². The average Bonchev–Trinajstić information content (AvgIpc) is 3.24. The summed E-state index contributed by atoms with van der Waals surface area (Å²) in [6.07, 6.45) is 0.339. The van der Waals surface area contributed by atoms with Crippen LogP contribution < -0.4 is 4.74 Å². The molecule has 23 heavy (non-hydrogen) atoms. The number of carbonyl (C=O) groups is 1. The van der Waals surface area contributed by atoms with Gasteiger partial charge in [0.15, 0.2) is 6.10 Å². The van der Waals surface area contributed by atoms with Gasteiger partial charge < -0.3 is 9.64 Å². The Morgan fingerprint density at radius 3 is 2.83 bits per heavy atom. The minimum absolute atomic E-state index is 0.120. The molecule has 0 N–H and O–H groups in total. The number of fused-ring (bicyclic) bond motifs is 1. The van der Waals surface area contributed by atoms with E-state index in [1.165, 1.54) is 0 Å². The molecule has 1 saturated heterocycles. The molecular formula is C17H19N3O2S. The van der Waals surface area contributed by atoms with E-state index in [1.807, 2.05) is 34.7 Å². The van der Waals surface area contributed by atoms with Crippen LogP contribution in [0.25, 0.3) is 0 Å². The molecule has 0 unspecified atom stereocenters. The highest BCUT2D eigenvalue weighted by atomic mass is 32.1. The van der Waals surface area contributed by atoms with Gasteiger partial charge in [-0.15, -0.1) is 11.3 Å². The van der Waals surface area contributed by atoms with E-state index in [-0.39, 0.29) is 12.0 Å². The molecular weight excluding hydrogens is 310 g/mol. The van der Waals surface area contributed by atoms with Crippen molar-refractivity contribution in [2.24, 2.45) is 0 Å². The van der Waals surface area contributed by atoms with Gasteiger partial charge in [-0.1, -0.05) is 18.2 Å². The minimum Gasteiger partial charge on any atom is -0.480 e. The van der Waals surface area contributed by atoms with E-state index < -0.39 is 0 Å². The van der Waals surface area contributed by atoms with E-state index in [0.717, 1.165) is 49.7 Å². The summed E-state index contributed by atoms with van der Waals surface area (Å²) in [6, 6.07) is 7.91. The fourth-order valence-corrected chi connectivity index (χ4v) is 3.74. The fraction of sp³-hybridized carbons (Fsp3) is 0.412. The minimum atomic E-state index is -0.350. The number of ether oxygens (including phenoxy) is 1. The molecule has 6 heteroatoms. The molecule has 0 radical (unpaired) electrons. The number of nitrogens with zero attached hydrogens (tertiary/aromatic N) is 3. The van der Waals surface area contributed by atoms with Crippen molar-refractivity contribution in [3.63, 3.8) is 0 Å². The molecule has 3 heterocycles. The predicted molar refractivity (Wildman–Crippen MR) is 88.5 cm³/mol. The Morgan fingerprint density at radius 2 is 2.09 bits per heavy atom. The summed E-state index contributed by atoms with van der Waals surface area (Å²) in [4.78, 5) is 21.3. The number of piperazine rings is 1. The van der Waals surface area contributed by atoms with Crippen LogP contribution in [0.2, 0.25) is 0 Å². The Labute approximate surface area is 139 Å². The molecule has 2 aromatic rings. The SMILES string of the molecule is O=C([C@@H]1Cc2ccccc2O1)N1CCN(Cc2cscn2)CC1. The first-order valence-corrected chi connectivity index (χ1v) is 8.86. The molecule has 1 fully saturated rings. The maximum absolute atomic E-state index is 12.7. The Balaban J connectivity index is 1.31. The second-order valence-corrected chi connectivity index (χ2v) is 6.72. The van der Waals surface area contributed by atoms with Crippen LogP contribution in [0.5, 0.6) is 5.75 Å². The van der Waals surface area contributed by atoms with Crippen LogP contribution in [-0.2, 0) is 17.8 Å². The maximum atomic E-state index is 12.7. The zero-order valence-electron chi connectivity index (χ0n) is 12.9. The van der Waals surface area contributed by atoms with Gasteiger partial charge >= 0.3 is 0 Å². The lowest BCUT2D eigenvalue weighted by Gasteiger charge is -2.35. The van der Waals surface area contributed by atoms with Gasteiger partial charge in [0.1, 0.15) is 5.75 Å². The van der Waals surface area contributed by atoms with E-state index >= 15 is 0 Å². The summed E-state index contributed by atoms with van der Waals surface area (Å²) in [7, 11) is 0. The molecule has 0 bridgehead atoms. The van der Waals surface area contributed by atoms with Gasteiger partial charge in [-0.25, -0.2) is 4.98 Å². The first-order valence-electron chi connectivity index (χ1n) is 7.92. The second-order valence-electron chi connectivity index (χ2n) is 6.00. The summed E-state index contributed by atoms with van der Waals surface area (Å²) in [5.74, 6) is 0.975. The number of benzene rings is 1. The Kier molecular flexibility index (Phi) is 4.01. The van der Waals surface area contributed by atoms with Crippen LogP contribution in [0, 0.1) is 0 Å². The number of aromatic nitrogens is 1. The molecule has 4 rings (SSSR count). The molecule has 5 nitrogen and oxygen atoms in total. The summed E-state index contributed by atoms with van der Waals surface area (Å²) < 4.78 is 5.82. The Hall–Kier alpha value is -1.92. The molecule has 1 amide bonds. The van der Waals surface area contributed by atoms with Crippen LogP contribution in [0.4, 0.5) is 0 Å². The number of rotatable bonds is 3. The zero-order chi connectivity index (χ0) is 15.6. The molecule has 1 aromatic carbocycles. The van der Waals surface area contributed by atoms with Gasteiger partial charge in [-0.2, -0.15) is 0 Å². The number of hydrogen-bond acceptors (Lipinski definition) is 5. The summed E-state index contributed by atoms with van der Waals surface area (Å²) in [5, 5.41) is 2.08. The average molecular weight is 329 g/mol. The van der Waals surface area contributed by atoms with Crippen LogP contribution in [0.1, 0.15) is 11.3 Å². The first-order chi connectivity index (χ1) is 11.3. The van der Waals surface area contributed by atoms with Crippen molar-refractivity contribution in [2.45, 2.75) is 19.1 Å². The highest BCUT2D eigenvalue weighted by molar-refractivity contribution is 7.07. The summed E-state index contributed by atoms with van der Waals surface area (Å²) >= 11 is 1.63. The second kappa shape index (κ2) is 6.29. The third-order valence-electron chi connectivity index (χ3n) is 4.48. The van der Waals surface area contributed by atoms with Gasteiger partial charge in [0.2, 0.25) is 0 Å². The summed E-state index contributed by atoms with van der Waals surface area (Å²) in [6.45, 7) is 4.18. The van der Waals surface area contributed by atoms with E-state index in [0.29, 0.717) is 6.42 Å². The Bertz CT molecular complexity index is 656. The van der Waals surface area contributed by atoms with Gasteiger partial charge in [-0.05, 0) is 11.6 Å². The smallest absolute Gasteiger partial charge is 0.264 e. The number of thiazole rings is 1. The van der Waals surface area contributed by atoms with Crippen molar-refractivity contribution < 1.29 is 9.53 Å². The highest BCUT2D eigenvalue weighted by Crippen LogP contribution is 2.29. The van der Waals surface area contributed by atoms with Gasteiger partial charge in [0, 0.05) is 44.5 Å². The zero-order valence-corrected chi connectivity index (χ0v) is 13.7. The molecule has 1 atom stereocenters. The maximum Gasteiger partial charge on any atom is 0.264 e. The lowest BCUT2D eigenvalue weighted by Crippen LogP contribution is -2.51. The third-order valence-corrected chi connectivity index (χ3v) is 5.11. The van der Waals surface area contributed by atoms with Gasteiger partial charge in [0.25, 0.3) is 5.91 Å². The number of hydrogen-bond donors (Lipinski definition) is 0. The van der Waals surface area contributed by atoms with E-state index in [9.17, 15) is 4.79 Å². The Morgan fingerprint density at radius 1 is 1.26 bits per heavy atom. The molecule has 1 aromatic heterocycles. The number of para-hydroxylation sites is 1. The number of carbonyl (C=O) groups excluding carboxylic acids is 1. The van der Waals surface area contributed by atoms with Crippen LogP contribution in [-0.4, -0.2) is 53.0 Å². The normalized spacial score (nSPS) is 21.0. The van der Waals surface area contributed by atoms with E-state index in [2.05, 4.69) is 15.3 Å². The molecule has 0 spiro atoms. The van der Waals surface area contributed by atoms with Crippen molar-refractivity contribution in [1.29, 1.82) is 0 Å². The summed E-state index contributed by atoms with van der Waals surface area (Å²) in [5.41, 5.74) is 4.11. The molecule has 0 aliphatic carbocycles. The topological polar surface area (TPSA) is 45.7 Å². The monoisotopic (exact) mass is 329 g/mol. The lowest BCUT2D eigenvalue weighted by molar-refractivity contribution is -0.139. The van der Waals surface area contributed by atoms with Crippen molar-refractivity contribution >= 4 is 17.2 Å². The predicted octanol–water partition coefficient (Wildman–Crippen LogP) is 1.79. The van der Waals surface area contributed by atoms with E-state index in [1.54, 1.807) is 11.3 Å². The van der Waals surface area contributed by atoms with Crippen molar-refractivity contribution in [2.75, 3.05) is 26.2 Å². The molecule has 0 saturated carbocycles. The third kappa shape index (κ3) is 3.09. The first kappa shape index (κ1) is 14.7. The van der Waals surface area contributed by atoms with Crippen molar-refractivity contribution in [3.05, 3.63) is 46.4 Å². The quantitative estimate of drug-likeness (QED) is 0.861. The molecule has 120 valence electrons. The van der Waals surface area contributed by atoms with Crippen LogP contribution in [0.15, 0.2) is 35.2 Å². The largest absolute Gasteiger partial charge is 0.480 e. The van der Waals surface area contributed by atoms with Crippen LogP contribution >= 0.6 is 11.3 Å². The lowest BCUT2D eigenvalue weighted by atomic mass is 10.1. The van der Waals surface area contributed by atoms with Gasteiger partial charge in [-0.3, -0.25) is 9.69 Å². The highest BCUT2D eigenvalue weighted by Gasteiger charge is 2.33. The fourth-order valence-electron chi connectivity index (χ4n) is 3.19.